The van der Waals surface area contributed by atoms with Crippen molar-refractivity contribution in [3.8, 4) is 0 Å². The van der Waals surface area contributed by atoms with Crippen LogP contribution in [0.2, 0.25) is 0 Å². The molecule has 0 spiro atoms. The van der Waals surface area contributed by atoms with Gasteiger partial charge in [0.05, 0.1) is 6.61 Å². The molecule has 0 atom stereocenters. The summed E-state index contributed by atoms with van der Waals surface area (Å²) in [6.07, 6.45) is 1.36. The van der Waals surface area contributed by atoms with E-state index in [0.717, 1.165) is 6.42 Å². The molecule has 0 rings (SSSR count). The van der Waals surface area contributed by atoms with Crippen LogP contribution in [0.4, 0.5) is 0 Å². The third-order valence-electron chi connectivity index (χ3n) is 1.06. The van der Waals surface area contributed by atoms with Gasteiger partial charge in [0.1, 0.15) is 0 Å². The van der Waals surface area contributed by atoms with Crippen molar-refractivity contribution < 1.29 is 8.98 Å². The van der Waals surface area contributed by atoms with Gasteiger partial charge in [0, 0.05) is 13.0 Å². The number of nitrogens with one attached hydrogen (secondary N) is 1. The van der Waals surface area contributed by atoms with Crippen LogP contribution in [0.1, 0.15) is 19.8 Å². The lowest BCUT2D eigenvalue weighted by atomic mass is 10.4. The highest BCUT2D eigenvalue weighted by atomic mass is 32.1. The van der Waals surface area contributed by atoms with E-state index in [1.807, 2.05) is 6.92 Å². The van der Waals surface area contributed by atoms with E-state index in [2.05, 4.69) is 22.4 Å². The Balaban J connectivity index is 2.96. The minimum Gasteiger partial charge on any atom is -0.356 e. The topological polar surface area (TPSA) is 38.3 Å². The molecule has 0 aliphatic carbocycles. The monoisotopic (exact) mass is 163 g/mol. The molecule has 0 saturated carbocycles. The Kier molecular flexibility index (Phi) is 6.74. The van der Waals surface area contributed by atoms with E-state index >= 15 is 0 Å². The Labute approximate surface area is 66.8 Å². The van der Waals surface area contributed by atoms with Crippen molar-refractivity contribution in [2.75, 3.05) is 13.2 Å². The molecule has 0 aliphatic heterocycles. The first kappa shape index (κ1) is 9.78. The fourth-order valence-corrected chi connectivity index (χ4v) is 0.619. The lowest BCUT2D eigenvalue weighted by Crippen LogP contribution is -2.23. The van der Waals surface area contributed by atoms with Crippen LogP contribution in [-0.4, -0.2) is 19.1 Å². The Morgan fingerprint density at radius 1 is 1.70 bits per heavy atom. The number of carbonyl (C=O) groups excluding carboxylic acids is 1. The van der Waals surface area contributed by atoms with Crippen LogP contribution < -0.4 is 5.32 Å². The molecular formula is C6H13NO2S. The van der Waals surface area contributed by atoms with Gasteiger partial charge in [-0.15, -0.1) is 0 Å². The minimum absolute atomic E-state index is 0.0826. The molecule has 3 nitrogen and oxygen atoms in total. The summed E-state index contributed by atoms with van der Waals surface area (Å²) < 4.78 is 4.50. The summed E-state index contributed by atoms with van der Waals surface area (Å²) in [7, 11) is 0. The molecule has 0 unspecified atom stereocenters. The molecule has 0 aromatic heterocycles. The van der Waals surface area contributed by atoms with Gasteiger partial charge in [0.2, 0.25) is 5.91 Å². The molecule has 60 valence electrons. The predicted octanol–water partition coefficient (Wildman–Crippen LogP) is 0.764. The molecule has 0 radical (unpaired) electrons. The second-order valence-electron chi connectivity index (χ2n) is 1.89. The maximum Gasteiger partial charge on any atom is 0.219 e. The van der Waals surface area contributed by atoms with Crippen LogP contribution in [0.5, 0.6) is 0 Å². The van der Waals surface area contributed by atoms with Crippen molar-refractivity contribution in [3.63, 3.8) is 0 Å². The molecule has 0 bridgehead atoms. The fourth-order valence-electron chi connectivity index (χ4n) is 0.490. The Bertz CT molecular complexity index is 97.7. The highest BCUT2D eigenvalue weighted by molar-refractivity contribution is 7.75. The molecule has 10 heavy (non-hydrogen) atoms. The largest absolute Gasteiger partial charge is 0.356 e. The number of hydrogen-bond acceptors (Lipinski definition) is 3. The highest BCUT2D eigenvalue weighted by Gasteiger charge is 1.93. The van der Waals surface area contributed by atoms with E-state index in [1.54, 1.807) is 0 Å². The van der Waals surface area contributed by atoms with Crippen LogP contribution in [-0.2, 0) is 8.98 Å². The van der Waals surface area contributed by atoms with Gasteiger partial charge in [-0.3, -0.25) is 4.79 Å². The zero-order valence-electron chi connectivity index (χ0n) is 6.09. The second kappa shape index (κ2) is 6.89. The SMILES string of the molecule is CCC(=O)NCCCOS. The van der Waals surface area contributed by atoms with Crippen LogP contribution in [0.25, 0.3) is 0 Å². The summed E-state index contributed by atoms with van der Waals surface area (Å²) in [6, 6.07) is 0. The Morgan fingerprint density at radius 2 is 2.40 bits per heavy atom. The second-order valence-corrected chi connectivity index (χ2v) is 2.15. The summed E-state index contributed by atoms with van der Waals surface area (Å²) in [6.45, 7) is 3.07. The van der Waals surface area contributed by atoms with Crippen molar-refractivity contribution >= 4 is 18.8 Å². The first-order valence-corrected chi connectivity index (χ1v) is 3.70. The first-order chi connectivity index (χ1) is 4.81. The lowest BCUT2D eigenvalue weighted by molar-refractivity contribution is -0.120. The lowest BCUT2D eigenvalue weighted by Gasteiger charge is -2.00. The normalized spacial score (nSPS) is 9.40. The van der Waals surface area contributed by atoms with Crippen LogP contribution in [0, 0.1) is 0 Å². The summed E-state index contributed by atoms with van der Waals surface area (Å²) in [5.41, 5.74) is 0. The van der Waals surface area contributed by atoms with Crippen molar-refractivity contribution in [1.82, 2.24) is 5.32 Å². The van der Waals surface area contributed by atoms with E-state index in [4.69, 9.17) is 0 Å². The number of thiol groups is 1. The summed E-state index contributed by atoms with van der Waals surface area (Å²) in [4.78, 5) is 10.6. The van der Waals surface area contributed by atoms with Crippen molar-refractivity contribution in [2.45, 2.75) is 19.8 Å². The number of amides is 1. The zero-order chi connectivity index (χ0) is 7.82. The average molecular weight is 163 g/mol. The van der Waals surface area contributed by atoms with E-state index in [0.29, 0.717) is 19.6 Å². The third kappa shape index (κ3) is 5.91. The fraction of sp³-hybridized carbons (Fsp3) is 0.833. The standard InChI is InChI=1S/C6H13NO2S/c1-2-6(8)7-4-3-5-9-10/h10H,2-5H2,1H3,(H,7,8). The molecule has 0 heterocycles. The first-order valence-electron chi connectivity index (χ1n) is 3.34. The zero-order valence-corrected chi connectivity index (χ0v) is 6.99. The quantitative estimate of drug-likeness (QED) is 0.357. The summed E-state index contributed by atoms with van der Waals surface area (Å²) in [5.74, 6) is 0.0826. The Morgan fingerprint density at radius 3 is 2.90 bits per heavy atom. The maximum atomic E-state index is 10.6. The van der Waals surface area contributed by atoms with Crippen molar-refractivity contribution in [3.05, 3.63) is 0 Å². The summed E-state index contributed by atoms with van der Waals surface area (Å²) >= 11 is 3.56. The van der Waals surface area contributed by atoms with Gasteiger partial charge in [-0.05, 0) is 19.3 Å². The highest BCUT2D eigenvalue weighted by Crippen LogP contribution is 1.83. The van der Waals surface area contributed by atoms with Crippen molar-refractivity contribution in [2.24, 2.45) is 0 Å². The van der Waals surface area contributed by atoms with E-state index in [9.17, 15) is 4.79 Å². The molecular weight excluding hydrogens is 150 g/mol. The number of rotatable bonds is 5. The van der Waals surface area contributed by atoms with Gasteiger partial charge in [-0.1, -0.05) is 6.92 Å². The third-order valence-corrected chi connectivity index (χ3v) is 1.24. The molecule has 1 amide bonds. The number of carbonyl (C=O) groups is 1. The van der Waals surface area contributed by atoms with Crippen LogP contribution in [0.3, 0.4) is 0 Å². The van der Waals surface area contributed by atoms with Crippen LogP contribution >= 0.6 is 12.9 Å². The van der Waals surface area contributed by atoms with Crippen LogP contribution in [0.15, 0.2) is 0 Å². The van der Waals surface area contributed by atoms with Gasteiger partial charge < -0.3 is 9.50 Å². The molecule has 0 aromatic rings. The molecule has 0 fully saturated rings. The predicted molar refractivity (Wildman–Crippen MR) is 42.9 cm³/mol. The van der Waals surface area contributed by atoms with E-state index in [-0.39, 0.29) is 5.91 Å². The molecule has 4 heteroatoms. The van der Waals surface area contributed by atoms with E-state index in [1.165, 1.54) is 0 Å². The van der Waals surface area contributed by atoms with Gasteiger partial charge >= 0.3 is 0 Å². The van der Waals surface area contributed by atoms with Gasteiger partial charge in [-0.25, -0.2) is 0 Å². The van der Waals surface area contributed by atoms with Gasteiger partial charge in [0.25, 0.3) is 0 Å². The molecule has 0 aromatic carbocycles. The summed E-state index contributed by atoms with van der Waals surface area (Å²) in [5, 5.41) is 2.71. The van der Waals surface area contributed by atoms with Gasteiger partial charge in [0.15, 0.2) is 0 Å². The maximum absolute atomic E-state index is 10.6. The van der Waals surface area contributed by atoms with Gasteiger partial charge in [-0.2, -0.15) is 0 Å². The number of hydrogen-bond donors (Lipinski definition) is 2. The minimum atomic E-state index is 0.0826. The molecule has 0 saturated heterocycles. The van der Waals surface area contributed by atoms with E-state index < -0.39 is 0 Å². The smallest absolute Gasteiger partial charge is 0.219 e. The Hall–Kier alpha value is -0.220. The average Bonchev–Trinajstić information content (AvgIpc) is 1.98. The van der Waals surface area contributed by atoms with Crippen molar-refractivity contribution in [1.29, 1.82) is 0 Å². The molecule has 1 N–H and O–H groups in total. The molecule has 0 aliphatic rings.